The van der Waals surface area contributed by atoms with Crippen molar-refractivity contribution >= 4 is 5.97 Å². The lowest BCUT2D eigenvalue weighted by Gasteiger charge is -2.26. The molecule has 1 saturated heterocycles. The Morgan fingerprint density at radius 1 is 1.33 bits per heavy atom. The average molecular weight is 343 g/mol. The number of alkyl halides is 1. The minimum Gasteiger partial charge on any atom is -0.493 e. The third-order valence-corrected chi connectivity index (χ3v) is 4.00. The third kappa shape index (κ3) is 4.90. The van der Waals surface area contributed by atoms with Gasteiger partial charge in [-0.05, 0) is 56.5 Å². The van der Waals surface area contributed by atoms with Crippen molar-refractivity contribution in [2.75, 3.05) is 26.9 Å². The Hall–Kier alpha value is -1.69. The fraction of sp³-hybridized carbons (Fsp3) is 0.611. The van der Waals surface area contributed by atoms with E-state index in [1.165, 1.54) is 20.1 Å². The number of aliphatic carboxylic acids is 1. The molecule has 0 amide bonds. The summed E-state index contributed by atoms with van der Waals surface area (Å²) in [6.07, 6.45) is 1.94. The molecular weight excluding hydrogens is 316 g/mol. The smallest absolute Gasteiger partial charge is 0.325 e. The Morgan fingerprint density at radius 2 is 1.88 bits per heavy atom. The van der Waals surface area contributed by atoms with Gasteiger partial charge in [0, 0.05) is 5.56 Å². The first-order valence-electron chi connectivity index (χ1n) is 8.27. The van der Waals surface area contributed by atoms with Gasteiger partial charge in [0.05, 0.1) is 13.8 Å². The molecule has 24 heavy (non-hydrogen) atoms. The van der Waals surface area contributed by atoms with Crippen molar-refractivity contribution in [3.63, 3.8) is 0 Å². The van der Waals surface area contributed by atoms with Crippen molar-refractivity contribution in [3.8, 4) is 5.75 Å². The Morgan fingerprint density at radius 3 is 2.29 bits per heavy atom. The van der Waals surface area contributed by atoms with Gasteiger partial charge in [-0.15, -0.1) is 0 Å². The molecule has 0 saturated carbocycles. The zero-order valence-corrected chi connectivity index (χ0v) is 14.8. The van der Waals surface area contributed by atoms with Crippen LogP contribution in [0, 0.1) is 5.82 Å². The first-order chi connectivity index (χ1) is 11.4. The van der Waals surface area contributed by atoms with Crippen molar-refractivity contribution in [2.24, 2.45) is 0 Å². The molecular formula is C18H27F2NO3. The summed E-state index contributed by atoms with van der Waals surface area (Å²) in [5, 5.41) is 9.61. The van der Waals surface area contributed by atoms with Gasteiger partial charge in [-0.2, -0.15) is 0 Å². The van der Waals surface area contributed by atoms with Gasteiger partial charge in [-0.25, -0.2) is 4.39 Å². The molecule has 0 aromatic heterocycles. The number of carboxylic acid groups (broad SMARTS) is 1. The second kappa shape index (κ2) is 9.57. The molecule has 0 radical (unpaired) electrons. The third-order valence-electron chi connectivity index (χ3n) is 4.00. The van der Waals surface area contributed by atoms with Crippen LogP contribution in [0.3, 0.4) is 0 Å². The van der Waals surface area contributed by atoms with Crippen LogP contribution in [0.5, 0.6) is 5.75 Å². The predicted molar refractivity (Wildman–Crippen MR) is 89.9 cm³/mol. The van der Waals surface area contributed by atoms with Crippen molar-refractivity contribution < 1.29 is 23.4 Å². The van der Waals surface area contributed by atoms with E-state index >= 15 is 0 Å². The average Bonchev–Trinajstić information content (AvgIpc) is 3.01. The first kappa shape index (κ1) is 20.4. The maximum absolute atomic E-state index is 14.2. The Bertz CT molecular complexity index is 543. The van der Waals surface area contributed by atoms with Crippen LogP contribution in [0.1, 0.15) is 56.7 Å². The van der Waals surface area contributed by atoms with Crippen LogP contribution >= 0.6 is 0 Å². The standard InChI is InChI=1S/C16H22FNO3.C2H5F/c1-10(2)11-8-12(15(21-3)13(17)9-11)14(16(19)20)18-6-4-5-7-18;1-2-3/h8-10,14H,4-7H2,1-3H3,(H,19,20);2H2,1H3. The number of ether oxygens (including phenoxy) is 1. The van der Waals surface area contributed by atoms with E-state index in [4.69, 9.17) is 4.74 Å². The number of hydrogen-bond acceptors (Lipinski definition) is 3. The molecule has 1 aromatic rings. The molecule has 0 bridgehead atoms. The molecule has 0 spiro atoms. The summed E-state index contributed by atoms with van der Waals surface area (Å²) in [5.41, 5.74) is 1.20. The topological polar surface area (TPSA) is 49.8 Å². The minimum absolute atomic E-state index is 0.0405. The molecule has 1 heterocycles. The van der Waals surface area contributed by atoms with Gasteiger partial charge >= 0.3 is 5.97 Å². The largest absolute Gasteiger partial charge is 0.493 e. The molecule has 6 heteroatoms. The van der Waals surface area contributed by atoms with Crippen LogP contribution in [0.25, 0.3) is 0 Å². The monoisotopic (exact) mass is 343 g/mol. The van der Waals surface area contributed by atoms with Crippen molar-refractivity contribution in [1.82, 2.24) is 4.90 Å². The van der Waals surface area contributed by atoms with Crippen LogP contribution < -0.4 is 4.74 Å². The van der Waals surface area contributed by atoms with Crippen molar-refractivity contribution in [1.29, 1.82) is 0 Å². The molecule has 0 aliphatic carbocycles. The van der Waals surface area contributed by atoms with E-state index in [1.807, 2.05) is 18.7 Å². The van der Waals surface area contributed by atoms with E-state index in [0.717, 1.165) is 18.4 Å². The molecule has 1 N–H and O–H groups in total. The quantitative estimate of drug-likeness (QED) is 0.872. The first-order valence-corrected chi connectivity index (χ1v) is 8.27. The van der Waals surface area contributed by atoms with Crippen LogP contribution in [0.4, 0.5) is 8.78 Å². The van der Waals surface area contributed by atoms with E-state index in [9.17, 15) is 18.7 Å². The highest BCUT2D eigenvalue weighted by Crippen LogP contribution is 2.36. The van der Waals surface area contributed by atoms with Crippen LogP contribution in [-0.2, 0) is 4.79 Å². The number of rotatable bonds is 5. The molecule has 1 aliphatic rings. The lowest BCUT2D eigenvalue weighted by molar-refractivity contribution is -0.143. The van der Waals surface area contributed by atoms with Gasteiger partial charge in [0.15, 0.2) is 11.6 Å². The van der Waals surface area contributed by atoms with E-state index in [-0.39, 0.29) is 18.3 Å². The summed E-state index contributed by atoms with van der Waals surface area (Å²) < 4.78 is 29.7. The SMILES string of the molecule is CCF.COc1c(F)cc(C(C)C)cc1C(C(=O)O)N1CCCC1. The number of nitrogens with zero attached hydrogens (tertiary/aromatic N) is 1. The van der Waals surface area contributed by atoms with Gasteiger partial charge in [0.2, 0.25) is 0 Å². The number of methoxy groups -OCH3 is 1. The van der Waals surface area contributed by atoms with Crippen LogP contribution in [-0.4, -0.2) is 42.8 Å². The second-order valence-electron chi connectivity index (χ2n) is 6.03. The minimum atomic E-state index is -0.962. The fourth-order valence-electron chi connectivity index (χ4n) is 2.87. The normalized spacial score (nSPS) is 15.8. The zero-order valence-electron chi connectivity index (χ0n) is 14.8. The molecule has 1 aliphatic heterocycles. The lowest BCUT2D eigenvalue weighted by atomic mass is 9.95. The van der Waals surface area contributed by atoms with Crippen LogP contribution in [0.2, 0.25) is 0 Å². The summed E-state index contributed by atoms with van der Waals surface area (Å²) in [7, 11) is 1.37. The number of carbonyl (C=O) groups is 1. The van der Waals surface area contributed by atoms with E-state index in [2.05, 4.69) is 0 Å². The highest BCUT2D eigenvalue weighted by atomic mass is 19.1. The number of carboxylic acids is 1. The van der Waals surface area contributed by atoms with E-state index in [1.54, 1.807) is 6.07 Å². The number of benzene rings is 1. The van der Waals surface area contributed by atoms with Gasteiger partial charge in [-0.3, -0.25) is 14.1 Å². The second-order valence-corrected chi connectivity index (χ2v) is 6.03. The molecule has 4 nitrogen and oxygen atoms in total. The summed E-state index contributed by atoms with van der Waals surface area (Å²) >= 11 is 0. The van der Waals surface area contributed by atoms with E-state index in [0.29, 0.717) is 18.7 Å². The molecule has 1 aromatic carbocycles. The molecule has 1 fully saturated rings. The molecule has 136 valence electrons. The highest BCUT2D eigenvalue weighted by Gasteiger charge is 2.33. The maximum Gasteiger partial charge on any atom is 0.325 e. The Labute approximate surface area is 142 Å². The number of halogens is 2. The summed E-state index contributed by atoms with van der Waals surface area (Å²) in [6.45, 7) is 6.55. The van der Waals surface area contributed by atoms with Crippen molar-refractivity contribution in [2.45, 2.75) is 45.6 Å². The van der Waals surface area contributed by atoms with E-state index < -0.39 is 17.8 Å². The predicted octanol–water partition coefficient (Wildman–Crippen LogP) is 4.16. The highest BCUT2D eigenvalue weighted by molar-refractivity contribution is 5.77. The Kier molecular flexibility index (Phi) is 8.11. The van der Waals surface area contributed by atoms with Crippen LogP contribution in [0.15, 0.2) is 12.1 Å². The van der Waals surface area contributed by atoms with Gasteiger partial charge in [0.1, 0.15) is 6.04 Å². The lowest BCUT2D eigenvalue weighted by Crippen LogP contribution is -2.32. The summed E-state index contributed by atoms with van der Waals surface area (Å²) in [4.78, 5) is 13.6. The molecule has 2 rings (SSSR count). The molecule has 1 atom stereocenters. The fourth-order valence-corrected chi connectivity index (χ4v) is 2.87. The van der Waals surface area contributed by atoms with Gasteiger partial charge in [-0.1, -0.05) is 13.8 Å². The number of likely N-dealkylation sites (tertiary alicyclic amines) is 1. The maximum atomic E-state index is 14.2. The number of hydrogen-bond donors (Lipinski definition) is 1. The summed E-state index contributed by atoms with van der Waals surface area (Å²) in [6, 6.07) is 2.34. The van der Waals surface area contributed by atoms with Gasteiger partial charge in [0.25, 0.3) is 0 Å². The Balaban J connectivity index is 0.000000891. The zero-order chi connectivity index (χ0) is 18.3. The molecule has 1 unspecified atom stereocenters. The summed E-state index contributed by atoms with van der Waals surface area (Å²) in [5.74, 6) is -1.30. The van der Waals surface area contributed by atoms with Crippen molar-refractivity contribution in [3.05, 3.63) is 29.1 Å². The van der Waals surface area contributed by atoms with Gasteiger partial charge < -0.3 is 9.84 Å².